The van der Waals surface area contributed by atoms with E-state index in [2.05, 4.69) is 31.7 Å². The normalized spacial score (nSPS) is 15.4. The van der Waals surface area contributed by atoms with Crippen LogP contribution in [0.2, 0.25) is 0 Å². The third-order valence-corrected chi connectivity index (χ3v) is 2.68. The SMILES string of the molecule is CN(C)c1ccc(OC2CC2)c(OC(C)(C)C)c1. The first kappa shape index (κ1) is 13.1. The summed E-state index contributed by atoms with van der Waals surface area (Å²) in [5, 5.41) is 0. The van der Waals surface area contributed by atoms with Crippen LogP contribution < -0.4 is 14.4 Å². The molecule has 0 aromatic heterocycles. The quantitative estimate of drug-likeness (QED) is 0.815. The van der Waals surface area contributed by atoms with E-state index in [0.29, 0.717) is 6.10 Å². The lowest BCUT2D eigenvalue weighted by molar-refractivity contribution is 0.122. The highest BCUT2D eigenvalue weighted by Crippen LogP contribution is 2.37. The molecule has 0 amide bonds. The average Bonchev–Trinajstić information content (AvgIpc) is 3.02. The summed E-state index contributed by atoms with van der Waals surface area (Å²) < 4.78 is 11.9. The Morgan fingerprint density at radius 3 is 2.28 bits per heavy atom. The van der Waals surface area contributed by atoms with E-state index in [1.54, 1.807) is 0 Å². The molecule has 0 radical (unpaired) electrons. The second-order valence-corrected chi connectivity index (χ2v) is 6.06. The molecule has 1 aliphatic rings. The molecule has 3 heteroatoms. The van der Waals surface area contributed by atoms with Gasteiger partial charge in [-0.05, 0) is 45.7 Å². The summed E-state index contributed by atoms with van der Waals surface area (Å²) >= 11 is 0. The zero-order valence-electron chi connectivity index (χ0n) is 12.0. The first-order chi connectivity index (χ1) is 8.35. The molecular weight excluding hydrogens is 226 g/mol. The Labute approximate surface area is 110 Å². The van der Waals surface area contributed by atoms with Gasteiger partial charge in [-0.25, -0.2) is 0 Å². The van der Waals surface area contributed by atoms with Crippen molar-refractivity contribution < 1.29 is 9.47 Å². The molecule has 1 aromatic rings. The molecule has 0 saturated heterocycles. The van der Waals surface area contributed by atoms with Crippen molar-refractivity contribution in [1.29, 1.82) is 0 Å². The van der Waals surface area contributed by atoms with E-state index in [0.717, 1.165) is 30.0 Å². The van der Waals surface area contributed by atoms with Crippen LogP contribution in [0.5, 0.6) is 11.5 Å². The molecule has 1 aliphatic carbocycles. The van der Waals surface area contributed by atoms with Crippen LogP contribution in [0.4, 0.5) is 5.69 Å². The second-order valence-electron chi connectivity index (χ2n) is 6.06. The monoisotopic (exact) mass is 249 g/mol. The van der Waals surface area contributed by atoms with Crippen molar-refractivity contribution in [3.05, 3.63) is 18.2 Å². The van der Waals surface area contributed by atoms with Gasteiger partial charge >= 0.3 is 0 Å². The van der Waals surface area contributed by atoms with Crippen molar-refractivity contribution in [3.8, 4) is 11.5 Å². The first-order valence-corrected chi connectivity index (χ1v) is 6.52. The fourth-order valence-corrected chi connectivity index (χ4v) is 1.65. The van der Waals surface area contributed by atoms with E-state index in [4.69, 9.17) is 9.47 Å². The summed E-state index contributed by atoms with van der Waals surface area (Å²) in [6, 6.07) is 6.12. The molecule has 1 saturated carbocycles. The maximum atomic E-state index is 6.00. The van der Waals surface area contributed by atoms with Gasteiger partial charge in [0.1, 0.15) is 5.60 Å². The van der Waals surface area contributed by atoms with Crippen molar-refractivity contribution in [2.75, 3.05) is 19.0 Å². The van der Waals surface area contributed by atoms with Crippen molar-refractivity contribution in [3.63, 3.8) is 0 Å². The largest absolute Gasteiger partial charge is 0.487 e. The van der Waals surface area contributed by atoms with Crippen LogP contribution in [0, 0.1) is 0 Å². The zero-order valence-corrected chi connectivity index (χ0v) is 12.0. The van der Waals surface area contributed by atoms with Crippen LogP contribution in [-0.4, -0.2) is 25.8 Å². The molecule has 0 heterocycles. The minimum absolute atomic E-state index is 0.216. The molecule has 0 atom stereocenters. The van der Waals surface area contributed by atoms with Gasteiger partial charge in [0.2, 0.25) is 0 Å². The molecule has 0 aliphatic heterocycles. The fraction of sp³-hybridized carbons (Fsp3) is 0.600. The molecule has 0 unspecified atom stereocenters. The zero-order chi connectivity index (χ0) is 13.3. The van der Waals surface area contributed by atoms with Gasteiger partial charge in [0.25, 0.3) is 0 Å². The maximum Gasteiger partial charge on any atom is 0.164 e. The van der Waals surface area contributed by atoms with Gasteiger partial charge in [0.15, 0.2) is 11.5 Å². The van der Waals surface area contributed by atoms with E-state index >= 15 is 0 Å². The number of anilines is 1. The summed E-state index contributed by atoms with van der Waals surface area (Å²) in [5.74, 6) is 1.69. The molecule has 3 nitrogen and oxygen atoms in total. The van der Waals surface area contributed by atoms with Gasteiger partial charge < -0.3 is 14.4 Å². The third-order valence-electron chi connectivity index (χ3n) is 2.68. The topological polar surface area (TPSA) is 21.7 Å². The number of hydrogen-bond acceptors (Lipinski definition) is 3. The Balaban J connectivity index is 2.26. The van der Waals surface area contributed by atoms with Crippen LogP contribution in [0.3, 0.4) is 0 Å². The van der Waals surface area contributed by atoms with E-state index < -0.39 is 0 Å². The predicted octanol–water partition coefficient (Wildman–Crippen LogP) is 3.47. The second kappa shape index (κ2) is 4.71. The lowest BCUT2D eigenvalue weighted by Crippen LogP contribution is -2.23. The van der Waals surface area contributed by atoms with Crippen LogP contribution in [0.15, 0.2) is 18.2 Å². The van der Waals surface area contributed by atoms with E-state index in [1.165, 1.54) is 0 Å². The lowest BCUT2D eigenvalue weighted by atomic mass is 10.2. The Bertz CT molecular complexity index is 417. The average molecular weight is 249 g/mol. The van der Waals surface area contributed by atoms with E-state index in [-0.39, 0.29) is 5.60 Å². The van der Waals surface area contributed by atoms with Gasteiger partial charge in [0.05, 0.1) is 6.10 Å². The highest BCUT2D eigenvalue weighted by Gasteiger charge is 2.26. The van der Waals surface area contributed by atoms with Crippen molar-refractivity contribution in [1.82, 2.24) is 0 Å². The maximum absolute atomic E-state index is 6.00. The number of ether oxygens (including phenoxy) is 2. The van der Waals surface area contributed by atoms with Gasteiger partial charge in [-0.2, -0.15) is 0 Å². The lowest BCUT2D eigenvalue weighted by Gasteiger charge is -2.24. The molecule has 0 bridgehead atoms. The smallest absolute Gasteiger partial charge is 0.164 e. The Hall–Kier alpha value is -1.38. The number of rotatable bonds is 4. The summed E-state index contributed by atoms with van der Waals surface area (Å²) in [4.78, 5) is 2.07. The Morgan fingerprint density at radius 1 is 1.11 bits per heavy atom. The van der Waals surface area contributed by atoms with Crippen LogP contribution >= 0.6 is 0 Å². The molecule has 1 fully saturated rings. The third kappa shape index (κ3) is 3.56. The molecule has 18 heavy (non-hydrogen) atoms. The Morgan fingerprint density at radius 2 is 1.78 bits per heavy atom. The molecule has 100 valence electrons. The highest BCUT2D eigenvalue weighted by molar-refractivity contribution is 5.55. The molecular formula is C15H23NO2. The Kier molecular flexibility index (Phi) is 3.42. The summed E-state index contributed by atoms with van der Waals surface area (Å²) in [6.07, 6.45) is 2.70. The van der Waals surface area contributed by atoms with Crippen LogP contribution in [-0.2, 0) is 0 Å². The number of benzene rings is 1. The van der Waals surface area contributed by atoms with Crippen molar-refractivity contribution in [2.24, 2.45) is 0 Å². The molecule has 1 aromatic carbocycles. The molecule has 0 N–H and O–H groups in total. The van der Waals surface area contributed by atoms with Gasteiger partial charge in [-0.1, -0.05) is 0 Å². The van der Waals surface area contributed by atoms with Gasteiger partial charge in [-0.15, -0.1) is 0 Å². The molecule has 0 spiro atoms. The summed E-state index contributed by atoms with van der Waals surface area (Å²) in [6.45, 7) is 6.16. The van der Waals surface area contributed by atoms with Crippen LogP contribution in [0.1, 0.15) is 33.6 Å². The van der Waals surface area contributed by atoms with E-state index in [9.17, 15) is 0 Å². The molecule has 2 rings (SSSR count). The van der Waals surface area contributed by atoms with Gasteiger partial charge in [-0.3, -0.25) is 0 Å². The van der Waals surface area contributed by atoms with Crippen molar-refractivity contribution >= 4 is 5.69 Å². The fourth-order valence-electron chi connectivity index (χ4n) is 1.65. The van der Waals surface area contributed by atoms with Crippen LogP contribution in [0.25, 0.3) is 0 Å². The first-order valence-electron chi connectivity index (χ1n) is 6.52. The minimum atomic E-state index is -0.216. The van der Waals surface area contributed by atoms with Gasteiger partial charge in [0, 0.05) is 25.8 Å². The predicted molar refractivity (Wildman–Crippen MR) is 74.8 cm³/mol. The number of hydrogen-bond donors (Lipinski definition) is 0. The highest BCUT2D eigenvalue weighted by atomic mass is 16.5. The number of nitrogens with zero attached hydrogens (tertiary/aromatic N) is 1. The summed E-state index contributed by atoms with van der Waals surface area (Å²) in [7, 11) is 4.05. The van der Waals surface area contributed by atoms with Crippen molar-refractivity contribution in [2.45, 2.75) is 45.3 Å². The van der Waals surface area contributed by atoms with E-state index in [1.807, 2.05) is 26.2 Å². The summed E-state index contributed by atoms with van der Waals surface area (Å²) in [5.41, 5.74) is 0.907. The minimum Gasteiger partial charge on any atom is -0.487 e. The standard InChI is InChI=1S/C15H23NO2/c1-15(2,3)18-14-10-11(16(4)5)6-9-13(14)17-12-7-8-12/h6,9-10,12H,7-8H2,1-5H3.